The van der Waals surface area contributed by atoms with Crippen LogP contribution in [0.4, 0.5) is 9.59 Å². The molecule has 1 aromatic rings. The highest BCUT2D eigenvalue weighted by atomic mass is 16.5. The van der Waals surface area contributed by atoms with Gasteiger partial charge in [0.15, 0.2) is 5.54 Å². The fourth-order valence-corrected chi connectivity index (χ4v) is 2.81. The molecule has 0 bridgehead atoms. The molecule has 0 aromatic heterocycles. The average Bonchev–Trinajstić information content (AvgIpc) is 2.80. The number of methoxy groups -OCH3 is 1. The first-order valence-corrected chi connectivity index (χ1v) is 7.27. The highest BCUT2D eigenvalue weighted by molar-refractivity contribution is 6.08. The van der Waals surface area contributed by atoms with E-state index in [1.165, 1.54) is 4.90 Å². The zero-order valence-corrected chi connectivity index (χ0v) is 12.7. The van der Waals surface area contributed by atoms with Gasteiger partial charge in [0.1, 0.15) is 0 Å². The summed E-state index contributed by atoms with van der Waals surface area (Å²) in [5.41, 5.74) is -0.0392. The number of nitrogens with zero attached hydrogens (tertiary/aromatic N) is 1. The predicted octanol–water partition coefficient (Wildman–Crippen LogP) is -0.0225. The van der Waals surface area contributed by atoms with Crippen molar-refractivity contribution < 1.29 is 19.1 Å². The largest absolute Gasteiger partial charge is 0.382 e. The van der Waals surface area contributed by atoms with Crippen LogP contribution in [0.15, 0.2) is 30.3 Å². The van der Waals surface area contributed by atoms with Crippen molar-refractivity contribution in [2.75, 3.05) is 26.8 Å². The lowest BCUT2D eigenvalue weighted by Gasteiger charge is -2.45. The molecule has 2 fully saturated rings. The molecule has 2 saturated heterocycles. The second-order valence-electron chi connectivity index (χ2n) is 5.71. The molecule has 1 atom stereocenters. The van der Waals surface area contributed by atoms with Crippen molar-refractivity contribution in [1.82, 2.24) is 20.9 Å². The molecule has 2 aliphatic heterocycles. The molecule has 2 aliphatic rings. The Balaban J connectivity index is 1.61. The number of rotatable bonds is 4. The molecule has 1 aromatic carbocycles. The minimum absolute atomic E-state index is 0.158. The van der Waals surface area contributed by atoms with Crippen LogP contribution in [0.2, 0.25) is 0 Å². The molecular weight excluding hydrogens is 300 g/mol. The van der Waals surface area contributed by atoms with Crippen LogP contribution in [-0.2, 0) is 9.53 Å². The first-order valence-electron chi connectivity index (χ1n) is 7.27. The lowest BCUT2D eigenvalue weighted by Crippen LogP contribution is -2.73. The van der Waals surface area contributed by atoms with Gasteiger partial charge in [0.05, 0.1) is 25.7 Å². The van der Waals surface area contributed by atoms with Crippen LogP contribution in [0.3, 0.4) is 0 Å². The molecule has 0 aliphatic carbocycles. The second-order valence-corrected chi connectivity index (χ2v) is 5.71. The summed E-state index contributed by atoms with van der Waals surface area (Å²) in [6.45, 7) is 0.655. The van der Waals surface area contributed by atoms with Crippen molar-refractivity contribution in [3.63, 3.8) is 0 Å². The van der Waals surface area contributed by atoms with E-state index >= 15 is 0 Å². The van der Waals surface area contributed by atoms with Crippen molar-refractivity contribution in [2.45, 2.75) is 11.6 Å². The predicted molar refractivity (Wildman–Crippen MR) is 80.6 cm³/mol. The van der Waals surface area contributed by atoms with Crippen LogP contribution < -0.4 is 16.0 Å². The molecular formula is C15H18N4O4. The van der Waals surface area contributed by atoms with Crippen LogP contribution >= 0.6 is 0 Å². The van der Waals surface area contributed by atoms with E-state index in [4.69, 9.17) is 4.74 Å². The van der Waals surface area contributed by atoms with Crippen LogP contribution in [-0.4, -0.2) is 55.2 Å². The van der Waals surface area contributed by atoms with Gasteiger partial charge in [0.2, 0.25) is 0 Å². The topological polar surface area (TPSA) is 99.8 Å². The quantitative estimate of drug-likeness (QED) is 0.679. The van der Waals surface area contributed by atoms with E-state index in [1.807, 2.05) is 30.3 Å². The number of benzene rings is 1. The van der Waals surface area contributed by atoms with Gasteiger partial charge in [-0.1, -0.05) is 30.3 Å². The number of imide groups is 1. The van der Waals surface area contributed by atoms with Gasteiger partial charge in [-0.3, -0.25) is 10.1 Å². The van der Waals surface area contributed by atoms with E-state index in [-0.39, 0.29) is 31.1 Å². The van der Waals surface area contributed by atoms with Crippen molar-refractivity contribution in [3.05, 3.63) is 35.9 Å². The fourth-order valence-electron chi connectivity index (χ4n) is 2.81. The standard InChI is InChI=1S/C15H18N4O4/c1-23-7-11(10-5-3-2-4-6-10)16-14(22)19-8-15(9-19)12(20)17-13(21)18-15/h2-6,11H,7-9H2,1H3,(H,16,22)(H2,17,18,20,21). The summed E-state index contributed by atoms with van der Waals surface area (Å²) in [6.07, 6.45) is 0. The van der Waals surface area contributed by atoms with Gasteiger partial charge in [0.25, 0.3) is 5.91 Å². The summed E-state index contributed by atoms with van der Waals surface area (Å²) >= 11 is 0. The Kier molecular flexibility index (Phi) is 3.91. The number of carbonyl (C=O) groups excluding carboxylic acids is 3. The van der Waals surface area contributed by atoms with Gasteiger partial charge < -0.3 is 20.3 Å². The third-order valence-electron chi connectivity index (χ3n) is 4.06. The molecule has 8 nitrogen and oxygen atoms in total. The van der Waals surface area contributed by atoms with E-state index in [0.29, 0.717) is 6.61 Å². The molecule has 1 unspecified atom stereocenters. The summed E-state index contributed by atoms with van der Waals surface area (Å²) in [5.74, 6) is -0.386. The zero-order chi connectivity index (χ0) is 16.4. The maximum atomic E-state index is 12.3. The Morgan fingerprint density at radius 1 is 1.35 bits per heavy atom. The Bertz CT molecular complexity index is 628. The molecule has 5 amide bonds. The second kappa shape index (κ2) is 5.88. The molecule has 23 heavy (non-hydrogen) atoms. The summed E-state index contributed by atoms with van der Waals surface area (Å²) in [5, 5.41) is 7.64. The first kappa shape index (κ1) is 15.3. The maximum Gasteiger partial charge on any atom is 0.322 e. The van der Waals surface area contributed by atoms with Crippen LogP contribution in [0, 0.1) is 0 Å². The summed E-state index contributed by atoms with van der Waals surface area (Å²) in [6, 6.07) is 8.40. The lowest BCUT2D eigenvalue weighted by atomic mass is 9.90. The van der Waals surface area contributed by atoms with Gasteiger partial charge in [-0.15, -0.1) is 0 Å². The Morgan fingerprint density at radius 2 is 2.04 bits per heavy atom. The third-order valence-corrected chi connectivity index (χ3v) is 4.06. The molecule has 1 spiro atoms. The number of carbonyl (C=O) groups is 3. The smallest absolute Gasteiger partial charge is 0.322 e. The Hall–Kier alpha value is -2.61. The van der Waals surface area contributed by atoms with E-state index in [0.717, 1.165) is 5.56 Å². The SMILES string of the molecule is COCC(NC(=O)N1CC2(C1)NC(=O)NC2=O)c1ccccc1. The van der Waals surface area contributed by atoms with E-state index in [9.17, 15) is 14.4 Å². The molecule has 122 valence electrons. The monoisotopic (exact) mass is 318 g/mol. The van der Waals surface area contributed by atoms with Crippen molar-refractivity contribution >= 4 is 18.0 Å². The first-order chi connectivity index (χ1) is 11.0. The number of amides is 5. The molecule has 3 rings (SSSR count). The van der Waals surface area contributed by atoms with Gasteiger partial charge in [0, 0.05) is 7.11 Å². The lowest BCUT2D eigenvalue weighted by molar-refractivity contribution is -0.128. The molecule has 3 N–H and O–H groups in total. The van der Waals surface area contributed by atoms with Gasteiger partial charge in [-0.2, -0.15) is 0 Å². The third kappa shape index (κ3) is 2.85. The normalized spacial score (nSPS) is 19.8. The number of likely N-dealkylation sites (tertiary alicyclic amines) is 1. The van der Waals surface area contributed by atoms with Crippen molar-refractivity contribution in [1.29, 1.82) is 0 Å². The molecule has 2 heterocycles. The van der Waals surface area contributed by atoms with E-state index < -0.39 is 11.6 Å². The summed E-state index contributed by atoms with van der Waals surface area (Å²) in [4.78, 5) is 36.7. The molecule has 0 radical (unpaired) electrons. The van der Waals surface area contributed by atoms with E-state index in [1.54, 1.807) is 7.11 Å². The Labute approximate surface area is 133 Å². The number of nitrogens with one attached hydrogen (secondary N) is 3. The van der Waals surface area contributed by atoms with Crippen molar-refractivity contribution in [2.24, 2.45) is 0 Å². The fraction of sp³-hybridized carbons (Fsp3) is 0.400. The minimum atomic E-state index is -0.974. The number of urea groups is 2. The van der Waals surface area contributed by atoms with Crippen LogP contribution in [0.25, 0.3) is 0 Å². The van der Waals surface area contributed by atoms with Crippen LogP contribution in [0.1, 0.15) is 11.6 Å². The highest BCUT2D eigenvalue weighted by Crippen LogP contribution is 2.25. The average molecular weight is 318 g/mol. The number of hydrogen-bond acceptors (Lipinski definition) is 4. The molecule has 8 heteroatoms. The zero-order valence-electron chi connectivity index (χ0n) is 12.7. The van der Waals surface area contributed by atoms with Gasteiger partial charge >= 0.3 is 12.1 Å². The van der Waals surface area contributed by atoms with Crippen molar-refractivity contribution in [3.8, 4) is 0 Å². The number of hydrogen-bond donors (Lipinski definition) is 3. The van der Waals surface area contributed by atoms with Gasteiger partial charge in [-0.05, 0) is 5.56 Å². The maximum absolute atomic E-state index is 12.3. The number of ether oxygens (including phenoxy) is 1. The van der Waals surface area contributed by atoms with E-state index in [2.05, 4.69) is 16.0 Å². The minimum Gasteiger partial charge on any atom is -0.382 e. The van der Waals surface area contributed by atoms with Crippen LogP contribution in [0.5, 0.6) is 0 Å². The Morgan fingerprint density at radius 3 is 2.61 bits per heavy atom. The van der Waals surface area contributed by atoms with Gasteiger partial charge in [-0.25, -0.2) is 9.59 Å². The molecule has 0 saturated carbocycles. The highest BCUT2D eigenvalue weighted by Gasteiger charge is 2.56. The summed E-state index contributed by atoms with van der Waals surface area (Å²) < 4.78 is 5.16. The summed E-state index contributed by atoms with van der Waals surface area (Å²) in [7, 11) is 1.57.